The molecule has 0 atom stereocenters. The number of hydrogen-bond donors (Lipinski definition) is 1. The Labute approximate surface area is 113 Å². The van der Waals surface area contributed by atoms with Crippen LogP contribution in [-0.2, 0) is 6.61 Å². The number of nitrogens with one attached hydrogen (secondary N) is 1. The predicted octanol–water partition coefficient (Wildman–Crippen LogP) is 2.45. The number of H-pyrrole nitrogens is 1. The zero-order chi connectivity index (χ0) is 13.9. The van der Waals surface area contributed by atoms with Crippen LogP contribution in [0.4, 0.5) is 5.69 Å². The minimum Gasteiger partial charge on any atom is -0.480 e. The summed E-state index contributed by atoms with van der Waals surface area (Å²) in [7, 11) is 0. The predicted molar refractivity (Wildman–Crippen MR) is 71.3 cm³/mol. The third kappa shape index (κ3) is 2.16. The van der Waals surface area contributed by atoms with Gasteiger partial charge in [-0.1, -0.05) is 35.5 Å². The molecule has 0 radical (unpaired) electrons. The summed E-state index contributed by atoms with van der Waals surface area (Å²) in [5, 5.41) is 21.2. The highest BCUT2D eigenvalue weighted by Crippen LogP contribution is 2.33. The molecular weight excluding hydrogens is 260 g/mol. The Hall–Kier alpha value is -2.96. The Morgan fingerprint density at radius 3 is 2.75 bits per heavy atom. The highest BCUT2D eigenvalue weighted by molar-refractivity contribution is 5.85. The van der Waals surface area contributed by atoms with Gasteiger partial charge in [0.15, 0.2) is 5.52 Å². The molecule has 0 bridgehead atoms. The zero-order valence-electron chi connectivity index (χ0n) is 10.3. The molecule has 3 rings (SSSR count). The molecule has 1 heterocycles. The molecule has 0 saturated carbocycles. The standard InChI is InChI=1S/C13H10N4O3/c18-17(19)11-7-6-10-12(15-16-14-10)13(11)20-8-9-4-2-1-3-5-9/h1-7H,8H2,(H,14,15,16). The fourth-order valence-electron chi connectivity index (χ4n) is 1.89. The van der Waals surface area contributed by atoms with E-state index in [1.54, 1.807) is 6.07 Å². The molecule has 0 aliphatic carbocycles. The Morgan fingerprint density at radius 1 is 1.20 bits per heavy atom. The largest absolute Gasteiger partial charge is 0.480 e. The number of nitro benzene ring substituents is 1. The SMILES string of the molecule is O=[N+]([O-])c1ccc2[nH]nnc2c1OCc1ccccc1. The van der Waals surface area contributed by atoms with Gasteiger partial charge in [0, 0.05) is 6.07 Å². The van der Waals surface area contributed by atoms with Gasteiger partial charge in [-0.15, -0.1) is 5.10 Å². The van der Waals surface area contributed by atoms with Gasteiger partial charge in [0.2, 0.25) is 5.75 Å². The first-order valence-corrected chi connectivity index (χ1v) is 5.90. The topological polar surface area (TPSA) is 93.9 Å². The molecule has 2 aromatic carbocycles. The molecule has 20 heavy (non-hydrogen) atoms. The van der Waals surface area contributed by atoms with Gasteiger partial charge in [-0.2, -0.15) is 0 Å². The molecule has 1 aromatic heterocycles. The van der Waals surface area contributed by atoms with Crippen LogP contribution in [0.3, 0.4) is 0 Å². The van der Waals surface area contributed by atoms with Crippen LogP contribution < -0.4 is 4.74 Å². The minimum absolute atomic E-state index is 0.123. The molecule has 0 spiro atoms. The van der Waals surface area contributed by atoms with Gasteiger partial charge in [-0.05, 0) is 11.6 Å². The van der Waals surface area contributed by atoms with Crippen LogP contribution in [0, 0.1) is 10.1 Å². The normalized spacial score (nSPS) is 10.6. The average molecular weight is 270 g/mol. The summed E-state index contributed by atoms with van der Waals surface area (Å²) in [6, 6.07) is 12.4. The van der Waals surface area contributed by atoms with E-state index < -0.39 is 4.92 Å². The first-order valence-electron chi connectivity index (χ1n) is 5.90. The van der Waals surface area contributed by atoms with Crippen molar-refractivity contribution in [3.63, 3.8) is 0 Å². The van der Waals surface area contributed by atoms with Gasteiger partial charge in [0.05, 0.1) is 10.4 Å². The Balaban J connectivity index is 1.98. The van der Waals surface area contributed by atoms with Crippen molar-refractivity contribution in [1.82, 2.24) is 15.4 Å². The van der Waals surface area contributed by atoms with E-state index in [9.17, 15) is 10.1 Å². The van der Waals surface area contributed by atoms with Crippen molar-refractivity contribution in [2.45, 2.75) is 6.61 Å². The summed E-state index contributed by atoms with van der Waals surface area (Å²) in [6.07, 6.45) is 0. The van der Waals surface area contributed by atoms with E-state index in [-0.39, 0.29) is 18.0 Å². The smallest absolute Gasteiger partial charge is 0.313 e. The molecule has 0 unspecified atom stereocenters. The number of benzene rings is 2. The van der Waals surface area contributed by atoms with E-state index in [4.69, 9.17) is 4.74 Å². The highest BCUT2D eigenvalue weighted by atomic mass is 16.6. The van der Waals surface area contributed by atoms with Crippen molar-refractivity contribution in [3.05, 3.63) is 58.1 Å². The van der Waals surface area contributed by atoms with Gasteiger partial charge in [-0.25, -0.2) is 0 Å². The maximum Gasteiger partial charge on any atom is 0.313 e. The van der Waals surface area contributed by atoms with E-state index >= 15 is 0 Å². The van der Waals surface area contributed by atoms with Crippen molar-refractivity contribution in [3.8, 4) is 5.75 Å². The molecule has 3 aromatic rings. The van der Waals surface area contributed by atoms with E-state index in [2.05, 4.69) is 15.4 Å². The van der Waals surface area contributed by atoms with Crippen molar-refractivity contribution in [2.75, 3.05) is 0 Å². The number of ether oxygens (including phenoxy) is 1. The Kier molecular flexibility index (Phi) is 3.00. The summed E-state index contributed by atoms with van der Waals surface area (Å²) in [5.41, 5.74) is 1.75. The van der Waals surface area contributed by atoms with Crippen molar-refractivity contribution in [1.29, 1.82) is 0 Å². The lowest BCUT2D eigenvalue weighted by molar-refractivity contribution is -0.385. The number of rotatable bonds is 4. The minimum atomic E-state index is -0.492. The molecule has 7 nitrogen and oxygen atoms in total. The number of hydrogen-bond acceptors (Lipinski definition) is 5. The number of aromatic amines is 1. The van der Waals surface area contributed by atoms with Crippen molar-refractivity contribution >= 4 is 16.7 Å². The third-order valence-electron chi connectivity index (χ3n) is 2.85. The average Bonchev–Trinajstić information content (AvgIpc) is 2.94. The maximum atomic E-state index is 11.1. The maximum absolute atomic E-state index is 11.1. The van der Waals surface area contributed by atoms with Crippen LogP contribution in [0.15, 0.2) is 42.5 Å². The lowest BCUT2D eigenvalue weighted by atomic mass is 10.2. The van der Waals surface area contributed by atoms with Crippen LogP contribution in [-0.4, -0.2) is 20.3 Å². The molecular formula is C13H10N4O3. The molecule has 1 N–H and O–H groups in total. The molecule has 7 heteroatoms. The lowest BCUT2D eigenvalue weighted by Gasteiger charge is -2.07. The first-order chi connectivity index (χ1) is 9.75. The molecule has 0 aliphatic rings. The van der Waals surface area contributed by atoms with Crippen LogP contribution in [0.5, 0.6) is 5.75 Å². The molecule has 0 aliphatic heterocycles. The quantitative estimate of drug-likeness (QED) is 0.580. The van der Waals surface area contributed by atoms with Crippen molar-refractivity contribution in [2.24, 2.45) is 0 Å². The summed E-state index contributed by atoms with van der Waals surface area (Å²) in [4.78, 5) is 10.6. The van der Waals surface area contributed by atoms with E-state index in [1.807, 2.05) is 30.3 Å². The number of aromatic nitrogens is 3. The number of fused-ring (bicyclic) bond motifs is 1. The fourth-order valence-corrected chi connectivity index (χ4v) is 1.89. The van der Waals surface area contributed by atoms with Gasteiger partial charge < -0.3 is 4.74 Å². The monoisotopic (exact) mass is 270 g/mol. The molecule has 0 amide bonds. The summed E-state index contributed by atoms with van der Waals surface area (Å²) in [5.74, 6) is 0.130. The molecule has 100 valence electrons. The van der Waals surface area contributed by atoms with Crippen LogP contribution in [0.25, 0.3) is 11.0 Å². The van der Waals surface area contributed by atoms with E-state index in [0.29, 0.717) is 11.0 Å². The molecule has 0 saturated heterocycles. The second kappa shape index (κ2) is 4.96. The third-order valence-corrected chi connectivity index (χ3v) is 2.85. The first kappa shape index (κ1) is 12.1. The molecule has 0 fully saturated rings. The van der Waals surface area contributed by atoms with Gasteiger partial charge in [0.25, 0.3) is 0 Å². The number of nitrogens with zero attached hydrogens (tertiary/aromatic N) is 3. The lowest BCUT2D eigenvalue weighted by Crippen LogP contribution is -2.00. The van der Waals surface area contributed by atoms with Gasteiger partial charge in [0.1, 0.15) is 6.61 Å². The van der Waals surface area contributed by atoms with Crippen LogP contribution in [0.2, 0.25) is 0 Å². The Morgan fingerprint density at radius 2 is 2.00 bits per heavy atom. The van der Waals surface area contributed by atoms with Crippen LogP contribution >= 0.6 is 0 Å². The van der Waals surface area contributed by atoms with Crippen molar-refractivity contribution < 1.29 is 9.66 Å². The zero-order valence-corrected chi connectivity index (χ0v) is 10.3. The fraction of sp³-hybridized carbons (Fsp3) is 0.0769. The van der Waals surface area contributed by atoms with Gasteiger partial charge in [-0.3, -0.25) is 15.2 Å². The van der Waals surface area contributed by atoms with E-state index in [0.717, 1.165) is 5.56 Å². The van der Waals surface area contributed by atoms with Gasteiger partial charge >= 0.3 is 5.69 Å². The second-order valence-electron chi connectivity index (χ2n) is 4.15. The van der Waals surface area contributed by atoms with E-state index in [1.165, 1.54) is 6.07 Å². The number of nitro groups is 1. The van der Waals surface area contributed by atoms with Crippen LogP contribution in [0.1, 0.15) is 5.56 Å². The summed E-state index contributed by atoms with van der Waals surface area (Å²) >= 11 is 0. The Bertz CT molecular complexity index is 755. The summed E-state index contributed by atoms with van der Waals surface area (Å²) in [6.45, 7) is 0.230. The second-order valence-corrected chi connectivity index (χ2v) is 4.15. The highest BCUT2D eigenvalue weighted by Gasteiger charge is 2.20. The summed E-state index contributed by atoms with van der Waals surface area (Å²) < 4.78 is 5.59.